The molecule has 1 aromatic heterocycles. The van der Waals surface area contributed by atoms with E-state index in [0.717, 1.165) is 50.9 Å². The van der Waals surface area contributed by atoms with E-state index in [1.165, 1.54) is 0 Å². The smallest absolute Gasteiger partial charge is 0.220 e. The molecule has 5 heteroatoms. The first-order valence-corrected chi connectivity index (χ1v) is 8.27. The van der Waals surface area contributed by atoms with Crippen LogP contribution in [0.2, 0.25) is 0 Å². The van der Waals surface area contributed by atoms with Gasteiger partial charge in [-0.3, -0.25) is 9.48 Å². The molecule has 2 N–H and O–H groups in total. The van der Waals surface area contributed by atoms with E-state index in [4.69, 9.17) is 0 Å². The third-order valence-electron chi connectivity index (χ3n) is 3.99. The maximum Gasteiger partial charge on any atom is 0.220 e. The van der Waals surface area contributed by atoms with Gasteiger partial charge in [0.1, 0.15) is 0 Å². The van der Waals surface area contributed by atoms with Crippen LogP contribution in [0.1, 0.15) is 64.1 Å². The third kappa shape index (κ3) is 5.50. The molecule has 1 fully saturated rings. The second-order valence-corrected chi connectivity index (χ2v) is 5.88. The zero-order chi connectivity index (χ0) is 15.1. The number of nitrogens with zero attached hydrogens (tertiary/aromatic N) is 2. The van der Waals surface area contributed by atoms with Crippen molar-refractivity contribution < 1.29 is 4.79 Å². The minimum absolute atomic E-state index is 0.192. The molecule has 0 bridgehead atoms. The second-order valence-electron chi connectivity index (χ2n) is 5.88. The molecule has 1 aliphatic rings. The van der Waals surface area contributed by atoms with Gasteiger partial charge >= 0.3 is 0 Å². The zero-order valence-corrected chi connectivity index (χ0v) is 13.3. The summed E-state index contributed by atoms with van der Waals surface area (Å²) in [6, 6.07) is 3.05. The van der Waals surface area contributed by atoms with E-state index in [2.05, 4.69) is 46.5 Å². The summed E-state index contributed by atoms with van der Waals surface area (Å²) >= 11 is 0. The van der Waals surface area contributed by atoms with Gasteiger partial charge in [0.15, 0.2) is 0 Å². The van der Waals surface area contributed by atoms with Crippen molar-refractivity contribution >= 4 is 5.91 Å². The molecule has 0 atom stereocenters. The van der Waals surface area contributed by atoms with Crippen molar-refractivity contribution in [3.05, 3.63) is 18.0 Å². The van der Waals surface area contributed by atoms with Crippen molar-refractivity contribution in [2.75, 3.05) is 6.54 Å². The van der Waals surface area contributed by atoms with Gasteiger partial charge in [-0.1, -0.05) is 13.8 Å². The molecule has 2 rings (SSSR count). The molecular formula is C16H28N4O. The van der Waals surface area contributed by atoms with Crippen LogP contribution < -0.4 is 10.6 Å². The first-order chi connectivity index (χ1) is 10.2. The maximum absolute atomic E-state index is 11.5. The van der Waals surface area contributed by atoms with Gasteiger partial charge in [-0.2, -0.15) is 5.10 Å². The average molecular weight is 292 g/mol. The Morgan fingerprint density at radius 1 is 1.43 bits per heavy atom. The normalized spacial score (nSPS) is 14.6. The molecule has 1 amide bonds. The van der Waals surface area contributed by atoms with Gasteiger partial charge in [0.25, 0.3) is 0 Å². The molecule has 0 radical (unpaired) electrons. The number of carbonyl (C=O) groups is 1. The minimum atomic E-state index is 0.192. The van der Waals surface area contributed by atoms with Crippen LogP contribution in [0.25, 0.3) is 0 Å². The van der Waals surface area contributed by atoms with Crippen molar-refractivity contribution in [2.24, 2.45) is 0 Å². The number of hydrogen-bond acceptors (Lipinski definition) is 3. The second kappa shape index (κ2) is 8.17. The summed E-state index contributed by atoms with van der Waals surface area (Å²) in [5.74, 6) is 0.192. The summed E-state index contributed by atoms with van der Waals surface area (Å²) in [5.41, 5.74) is 1.07. The molecule has 118 valence electrons. The highest BCUT2D eigenvalue weighted by Crippen LogP contribution is 2.18. The Bertz CT molecular complexity index is 435. The Labute approximate surface area is 127 Å². The Hall–Kier alpha value is -1.36. The summed E-state index contributed by atoms with van der Waals surface area (Å²) in [5, 5.41) is 11.0. The lowest BCUT2D eigenvalue weighted by Crippen LogP contribution is -2.26. The predicted octanol–water partition coefficient (Wildman–Crippen LogP) is 2.39. The molecule has 1 saturated carbocycles. The Morgan fingerprint density at radius 3 is 2.86 bits per heavy atom. The fraction of sp³-hybridized carbons (Fsp3) is 0.750. The highest BCUT2D eigenvalue weighted by Gasteiger charge is 2.22. The molecule has 0 aromatic carbocycles. The van der Waals surface area contributed by atoms with Gasteiger partial charge in [-0.15, -0.1) is 0 Å². The molecule has 0 spiro atoms. The van der Waals surface area contributed by atoms with E-state index in [1.807, 2.05) is 0 Å². The summed E-state index contributed by atoms with van der Waals surface area (Å²) in [4.78, 5) is 11.5. The van der Waals surface area contributed by atoms with E-state index in [0.29, 0.717) is 18.5 Å². The Balaban J connectivity index is 1.58. The van der Waals surface area contributed by atoms with Crippen LogP contribution >= 0.6 is 0 Å². The highest BCUT2D eigenvalue weighted by atomic mass is 16.1. The summed E-state index contributed by atoms with van der Waals surface area (Å²) < 4.78 is 2.07. The first-order valence-electron chi connectivity index (χ1n) is 8.27. The number of amides is 1. The number of aromatic nitrogens is 2. The average Bonchev–Trinajstić information content (AvgIpc) is 3.16. The van der Waals surface area contributed by atoms with Crippen molar-refractivity contribution in [2.45, 2.75) is 71.0 Å². The van der Waals surface area contributed by atoms with E-state index >= 15 is 0 Å². The van der Waals surface area contributed by atoms with E-state index in [1.54, 1.807) is 0 Å². The van der Waals surface area contributed by atoms with Crippen LogP contribution in [0.5, 0.6) is 0 Å². The fourth-order valence-electron chi connectivity index (χ4n) is 2.46. The molecule has 0 unspecified atom stereocenters. The molecular weight excluding hydrogens is 264 g/mol. The lowest BCUT2D eigenvalue weighted by Gasteiger charge is -2.12. The van der Waals surface area contributed by atoms with E-state index < -0.39 is 0 Å². The van der Waals surface area contributed by atoms with Crippen LogP contribution in [0.3, 0.4) is 0 Å². The van der Waals surface area contributed by atoms with Gasteiger partial charge < -0.3 is 10.6 Å². The van der Waals surface area contributed by atoms with Crippen LogP contribution in [0, 0.1) is 0 Å². The fourth-order valence-corrected chi connectivity index (χ4v) is 2.46. The lowest BCUT2D eigenvalue weighted by atomic mass is 10.2. The minimum Gasteiger partial charge on any atom is -0.353 e. The lowest BCUT2D eigenvalue weighted by molar-refractivity contribution is -0.121. The predicted molar refractivity (Wildman–Crippen MR) is 84.0 cm³/mol. The van der Waals surface area contributed by atoms with Crippen LogP contribution in [0.15, 0.2) is 12.3 Å². The number of rotatable bonds is 10. The monoisotopic (exact) mass is 292 g/mol. The van der Waals surface area contributed by atoms with Gasteiger partial charge in [0.2, 0.25) is 5.91 Å². The van der Waals surface area contributed by atoms with Gasteiger partial charge in [0, 0.05) is 25.2 Å². The number of hydrogen-bond donors (Lipinski definition) is 2. The molecule has 1 aliphatic carbocycles. The first kappa shape index (κ1) is 16.0. The van der Waals surface area contributed by atoms with Crippen molar-refractivity contribution in [1.29, 1.82) is 0 Å². The molecule has 5 nitrogen and oxygen atoms in total. The number of carbonyl (C=O) groups excluding carboxylic acids is 1. The number of nitrogens with one attached hydrogen (secondary N) is 2. The van der Waals surface area contributed by atoms with Gasteiger partial charge in [0.05, 0.1) is 11.7 Å². The molecule has 1 aromatic rings. The van der Waals surface area contributed by atoms with E-state index in [9.17, 15) is 4.79 Å². The van der Waals surface area contributed by atoms with Crippen LogP contribution in [-0.2, 0) is 11.3 Å². The SMILES string of the molecule is CCC(CC)n1ccc(CNCCCC(=O)NC2CC2)n1. The molecule has 1 heterocycles. The molecule has 0 aliphatic heterocycles. The van der Waals surface area contributed by atoms with Crippen molar-refractivity contribution in [3.8, 4) is 0 Å². The highest BCUT2D eigenvalue weighted by molar-refractivity contribution is 5.76. The largest absolute Gasteiger partial charge is 0.353 e. The van der Waals surface area contributed by atoms with Crippen molar-refractivity contribution in [1.82, 2.24) is 20.4 Å². The Morgan fingerprint density at radius 2 is 2.19 bits per heavy atom. The van der Waals surface area contributed by atoms with Crippen LogP contribution in [-0.4, -0.2) is 28.3 Å². The topological polar surface area (TPSA) is 59.0 Å². The van der Waals surface area contributed by atoms with Crippen LogP contribution in [0.4, 0.5) is 0 Å². The van der Waals surface area contributed by atoms with Gasteiger partial charge in [-0.25, -0.2) is 0 Å². The third-order valence-corrected chi connectivity index (χ3v) is 3.99. The van der Waals surface area contributed by atoms with E-state index in [-0.39, 0.29) is 5.91 Å². The quantitative estimate of drug-likeness (QED) is 0.651. The van der Waals surface area contributed by atoms with Gasteiger partial charge in [-0.05, 0) is 44.7 Å². The summed E-state index contributed by atoms with van der Waals surface area (Å²) in [6.45, 7) is 6.02. The van der Waals surface area contributed by atoms with Crippen molar-refractivity contribution in [3.63, 3.8) is 0 Å². The standard InChI is InChI=1S/C16H28N4O/c1-3-15(4-2)20-11-9-14(19-20)12-17-10-5-6-16(21)18-13-7-8-13/h9,11,13,15,17H,3-8,10,12H2,1-2H3,(H,18,21). The Kier molecular flexibility index (Phi) is 6.23. The molecule has 0 saturated heterocycles. The zero-order valence-electron chi connectivity index (χ0n) is 13.3. The molecule has 21 heavy (non-hydrogen) atoms. The maximum atomic E-state index is 11.5. The summed E-state index contributed by atoms with van der Waals surface area (Å²) in [6.07, 6.45) is 8.10. The summed E-state index contributed by atoms with van der Waals surface area (Å²) in [7, 11) is 0.